The molecule has 6 nitrogen and oxygen atoms in total. The van der Waals surface area contributed by atoms with E-state index < -0.39 is 23.0 Å². The Balaban J connectivity index is 2.23. The van der Waals surface area contributed by atoms with Crippen LogP contribution in [0.4, 0.5) is 0 Å². The van der Waals surface area contributed by atoms with Crippen LogP contribution in [-0.2, 0) is 9.59 Å². The predicted octanol–water partition coefficient (Wildman–Crippen LogP) is 3.01. The van der Waals surface area contributed by atoms with Crippen LogP contribution in [0, 0.1) is 0 Å². The zero-order valence-corrected chi connectivity index (χ0v) is 11.7. The Morgan fingerprint density at radius 1 is 0.650 bits per heavy atom. The Morgan fingerprint density at radius 3 is 1.20 bits per heavy atom. The molecule has 2 saturated carbocycles. The van der Waals surface area contributed by atoms with Crippen molar-refractivity contribution in [3.8, 4) is 0 Å². The van der Waals surface area contributed by atoms with E-state index in [1.807, 2.05) is 0 Å². The van der Waals surface area contributed by atoms with Crippen LogP contribution in [0.3, 0.4) is 0 Å². The summed E-state index contributed by atoms with van der Waals surface area (Å²) in [6.45, 7) is 0. The van der Waals surface area contributed by atoms with Crippen LogP contribution in [0.15, 0.2) is 10.2 Å². The molecule has 0 heterocycles. The zero-order valence-electron chi connectivity index (χ0n) is 11.7. The van der Waals surface area contributed by atoms with Gasteiger partial charge < -0.3 is 10.2 Å². The lowest BCUT2D eigenvalue weighted by Gasteiger charge is -2.32. The quantitative estimate of drug-likeness (QED) is 0.774. The molecule has 2 N–H and O–H groups in total. The van der Waals surface area contributed by atoms with Gasteiger partial charge in [0.2, 0.25) is 0 Å². The van der Waals surface area contributed by atoms with E-state index in [-0.39, 0.29) is 0 Å². The standard InChI is InChI=1S/C14H22N2O4/c17-11(18)13(7-3-1-4-8-13)15-16-14(12(19)20)9-5-2-6-10-14/h1-10H2,(H,17,18)(H,19,20). The average Bonchev–Trinajstić information content (AvgIpc) is 2.47. The average molecular weight is 282 g/mol. The van der Waals surface area contributed by atoms with Crippen molar-refractivity contribution in [3.05, 3.63) is 0 Å². The van der Waals surface area contributed by atoms with E-state index in [0.717, 1.165) is 38.5 Å². The van der Waals surface area contributed by atoms with E-state index in [2.05, 4.69) is 10.2 Å². The minimum absolute atomic E-state index is 0.460. The molecular weight excluding hydrogens is 260 g/mol. The fourth-order valence-corrected chi connectivity index (χ4v) is 3.18. The first-order valence-electron chi connectivity index (χ1n) is 7.42. The summed E-state index contributed by atoms with van der Waals surface area (Å²) in [5, 5.41) is 27.0. The Kier molecular flexibility index (Phi) is 4.40. The summed E-state index contributed by atoms with van der Waals surface area (Å²) in [5.41, 5.74) is -2.39. The minimum atomic E-state index is -1.20. The van der Waals surface area contributed by atoms with E-state index in [4.69, 9.17) is 0 Å². The second kappa shape index (κ2) is 5.89. The normalized spacial score (nSPS) is 25.4. The first-order chi connectivity index (χ1) is 9.51. The molecule has 20 heavy (non-hydrogen) atoms. The molecule has 0 aromatic carbocycles. The number of hydrogen-bond donors (Lipinski definition) is 2. The first-order valence-corrected chi connectivity index (χ1v) is 7.42. The molecule has 2 rings (SSSR count). The van der Waals surface area contributed by atoms with Gasteiger partial charge in [0, 0.05) is 0 Å². The number of nitrogens with zero attached hydrogens (tertiary/aromatic N) is 2. The maximum Gasteiger partial charge on any atom is 0.333 e. The van der Waals surface area contributed by atoms with Gasteiger partial charge >= 0.3 is 11.9 Å². The van der Waals surface area contributed by atoms with Crippen molar-refractivity contribution in [2.75, 3.05) is 0 Å². The van der Waals surface area contributed by atoms with Gasteiger partial charge in [-0.25, -0.2) is 9.59 Å². The molecule has 0 radical (unpaired) electrons. The summed E-state index contributed by atoms with van der Waals surface area (Å²) < 4.78 is 0. The number of carboxylic acids is 2. The highest BCUT2D eigenvalue weighted by atomic mass is 16.4. The molecule has 2 fully saturated rings. The van der Waals surface area contributed by atoms with Crippen LogP contribution in [-0.4, -0.2) is 33.2 Å². The van der Waals surface area contributed by atoms with Crippen LogP contribution >= 0.6 is 0 Å². The van der Waals surface area contributed by atoms with Crippen molar-refractivity contribution in [3.63, 3.8) is 0 Å². The fourth-order valence-electron chi connectivity index (χ4n) is 3.18. The molecular formula is C14H22N2O4. The Bertz CT molecular complexity index is 369. The van der Waals surface area contributed by atoms with E-state index >= 15 is 0 Å². The number of rotatable bonds is 4. The molecule has 2 aliphatic carbocycles. The Labute approximate surface area is 118 Å². The molecule has 0 unspecified atom stereocenters. The first kappa shape index (κ1) is 14.9. The third-order valence-electron chi connectivity index (χ3n) is 4.59. The number of carbonyl (C=O) groups is 2. The molecule has 0 spiro atoms. The van der Waals surface area contributed by atoms with E-state index in [0.29, 0.717) is 25.7 Å². The highest BCUT2D eigenvalue weighted by Crippen LogP contribution is 2.37. The molecule has 0 aliphatic heterocycles. The predicted molar refractivity (Wildman–Crippen MR) is 71.8 cm³/mol. The molecule has 0 atom stereocenters. The van der Waals surface area contributed by atoms with E-state index in [1.54, 1.807) is 0 Å². The van der Waals surface area contributed by atoms with Crippen LogP contribution in [0.25, 0.3) is 0 Å². The van der Waals surface area contributed by atoms with Gasteiger partial charge in [0.1, 0.15) is 0 Å². The molecule has 0 saturated heterocycles. The SMILES string of the molecule is O=C(O)C1(N=NC2(C(=O)O)CCCCC2)CCCCC1. The molecule has 0 aromatic heterocycles. The van der Waals surface area contributed by atoms with Crippen LogP contribution in [0.1, 0.15) is 64.2 Å². The number of aliphatic carboxylic acids is 2. The second-order valence-corrected chi connectivity index (χ2v) is 5.99. The van der Waals surface area contributed by atoms with Crippen LogP contribution < -0.4 is 0 Å². The van der Waals surface area contributed by atoms with Gasteiger partial charge in [0.05, 0.1) is 0 Å². The lowest BCUT2D eigenvalue weighted by atomic mass is 9.81. The summed E-state index contributed by atoms with van der Waals surface area (Å²) in [6.07, 6.45) is 7.10. The summed E-state index contributed by atoms with van der Waals surface area (Å²) in [6, 6.07) is 0. The van der Waals surface area contributed by atoms with Gasteiger partial charge in [-0.3, -0.25) is 0 Å². The van der Waals surface area contributed by atoms with Gasteiger partial charge in [-0.05, 0) is 25.7 Å². The molecule has 112 valence electrons. The largest absolute Gasteiger partial charge is 0.479 e. The minimum Gasteiger partial charge on any atom is -0.479 e. The topological polar surface area (TPSA) is 99.3 Å². The smallest absolute Gasteiger partial charge is 0.333 e. The van der Waals surface area contributed by atoms with Gasteiger partial charge in [-0.15, -0.1) is 0 Å². The van der Waals surface area contributed by atoms with Crippen molar-refractivity contribution in [1.82, 2.24) is 0 Å². The molecule has 2 aliphatic rings. The maximum absolute atomic E-state index is 11.5. The van der Waals surface area contributed by atoms with Gasteiger partial charge in [-0.2, -0.15) is 10.2 Å². The Morgan fingerprint density at radius 2 is 0.950 bits per heavy atom. The fraction of sp³-hybridized carbons (Fsp3) is 0.857. The highest BCUT2D eigenvalue weighted by molar-refractivity contribution is 5.80. The summed E-state index contributed by atoms with van der Waals surface area (Å²) in [7, 11) is 0. The zero-order chi connectivity index (χ0) is 14.6. The third-order valence-corrected chi connectivity index (χ3v) is 4.59. The van der Waals surface area contributed by atoms with Gasteiger partial charge in [0.25, 0.3) is 0 Å². The number of carboxylic acid groups (broad SMARTS) is 2. The van der Waals surface area contributed by atoms with Crippen molar-refractivity contribution in [2.24, 2.45) is 10.2 Å². The van der Waals surface area contributed by atoms with Crippen LogP contribution in [0.5, 0.6) is 0 Å². The van der Waals surface area contributed by atoms with E-state index in [1.165, 1.54) is 0 Å². The molecule has 0 aromatic rings. The highest BCUT2D eigenvalue weighted by Gasteiger charge is 2.44. The lowest BCUT2D eigenvalue weighted by Crippen LogP contribution is -2.42. The van der Waals surface area contributed by atoms with Crippen molar-refractivity contribution in [2.45, 2.75) is 75.3 Å². The molecule has 0 bridgehead atoms. The van der Waals surface area contributed by atoms with Gasteiger partial charge in [0.15, 0.2) is 11.1 Å². The summed E-state index contributed by atoms with van der Waals surface area (Å²) in [4.78, 5) is 23.0. The lowest BCUT2D eigenvalue weighted by molar-refractivity contribution is -0.147. The van der Waals surface area contributed by atoms with Gasteiger partial charge in [-0.1, -0.05) is 38.5 Å². The summed E-state index contributed by atoms with van der Waals surface area (Å²) in [5.74, 6) is -1.95. The monoisotopic (exact) mass is 282 g/mol. The van der Waals surface area contributed by atoms with Crippen LogP contribution in [0.2, 0.25) is 0 Å². The summed E-state index contributed by atoms with van der Waals surface area (Å²) >= 11 is 0. The van der Waals surface area contributed by atoms with E-state index in [9.17, 15) is 19.8 Å². The number of azo groups is 1. The Hall–Kier alpha value is -1.46. The van der Waals surface area contributed by atoms with Crippen molar-refractivity contribution in [1.29, 1.82) is 0 Å². The maximum atomic E-state index is 11.5. The molecule has 0 amide bonds. The third kappa shape index (κ3) is 2.83. The second-order valence-electron chi connectivity index (χ2n) is 5.99. The number of hydrogen-bond acceptors (Lipinski definition) is 4. The van der Waals surface area contributed by atoms with Crippen molar-refractivity contribution < 1.29 is 19.8 Å². The van der Waals surface area contributed by atoms with Crippen molar-refractivity contribution >= 4 is 11.9 Å². The molecule has 6 heteroatoms.